The molecule has 1 aromatic rings. The van der Waals surface area contributed by atoms with E-state index in [2.05, 4.69) is 11.4 Å². The summed E-state index contributed by atoms with van der Waals surface area (Å²) in [6.45, 7) is 4.63. The monoisotopic (exact) mass is 222 g/mol. The SMILES string of the molecule is Cc1ccc(NCCC(N)C(=O)O)c(C)c1. The van der Waals surface area contributed by atoms with E-state index in [4.69, 9.17) is 10.8 Å². The second-order valence-corrected chi connectivity index (χ2v) is 3.98. The molecule has 1 aromatic carbocycles. The first kappa shape index (κ1) is 12.5. The lowest BCUT2D eigenvalue weighted by molar-refractivity contribution is -0.138. The number of rotatable bonds is 5. The Labute approximate surface area is 95.5 Å². The number of anilines is 1. The van der Waals surface area contributed by atoms with Crippen LogP contribution in [0.1, 0.15) is 17.5 Å². The Hall–Kier alpha value is -1.55. The van der Waals surface area contributed by atoms with Gasteiger partial charge in [-0.15, -0.1) is 0 Å². The molecular weight excluding hydrogens is 204 g/mol. The van der Waals surface area contributed by atoms with Crippen LogP contribution >= 0.6 is 0 Å². The van der Waals surface area contributed by atoms with E-state index in [1.807, 2.05) is 26.0 Å². The highest BCUT2D eigenvalue weighted by atomic mass is 16.4. The summed E-state index contributed by atoms with van der Waals surface area (Å²) in [5, 5.41) is 11.8. The van der Waals surface area contributed by atoms with E-state index >= 15 is 0 Å². The van der Waals surface area contributed by atoms with Gasteiger partial charge in [-0.05, 0) is 31.9 Å². The van der Waals surface area contributed by atoms with Gasteiger partial charge in [-0.2, -0.15) is 0 Å². The van der Waals surface area contributed by atoms with Crippen LogP contribution in [0, 0.1) is 13.8 Å². The number of benzene rings is 1. The Morgan fingerprint density at radius 2 is 2.19 bits per heavy atom. The maximum Gasteiger partial charge on any atom is 0.320 e. The fourth-order valence-electron chi connectivity index (χ4n) is 1.50. The van der Waals surface area contributed by atoms with Gasteiger partial charge in [0.15, 0.2) is 0 Å². The molecule has 0 aliphatic heterocycles. The van der Waals surface area contributed by atoms with E-state index in [9.17, 15) is 4.79 Å². The standard InChI is InChI=1S/C12H18N2O2/c1-8-3-4-11(9(2)7-8)14-6-5-10(13)12(15)16/h3-4,7,10,14H,5-6,13H2,1-2H3,(H,15,16). The molecule has 4 heteroatoms. The molecular formula is C12H18N2O2. The van der Waals surface area contributed by atoms with Crippen LogP contribution in [0.3, 0.4) is 0 Å². The predicted molar refractivity (Wildman–Crippen MR) is 64.6 cm³/mol. The van der Waals surface area contributed by atoms with Gasteiger partial charge in [-0.25, -0.2) is 0 Å². The summed E-state index contributed by atoms with van der Waals surface area (Å²) >= 11 is 0. The molecule has 0 aliphatic rings. The number of hydrogen-bond donors (Lipinski definition) is 3. The van der Waals surface area contributed by atoms with Crippen LogP contribution in [-0.4, -0.2) is 23.7 Å². The van der Waals surface area contributed by atoms with Gasteiger partial charge in [0.2, 0.25) is 0 Å². The van der Waals surface area contributed by atoms with Crippen LogP contribution in [0.25, 0.3) is 0 Å². The average molecular weight is 222 g/mol. The Bertz CT molecular complexity index is 377. The highest BCUT2D eigenvalue weighted by Gasteiger charge is 2.10. The number of aryl methyl sites for hydroxylation is 2. The third-order valence-electron chi connectivity index (χ3n) is 2.47. The van der Waals surface area contributed by atoms with Crippen LogP contribution in [0.2, 0.25) is 0 Å². The van der Waals surface area contributed by atoms with Crippen molar-refractivity contribution in [2.45, 2.75) is 26.3 Å². The molecule has 0 aromatic heterocycles. The van der Waals surface area contributed by atoms with Gasteiger partial charge in [-0.3, -0.25) is 4.79 Å². The summed E-state index contributed by atoms with van der Waals surface area (Å²) in [4.78, 5) is 10.5. The Balaban J connectivity index is 2.46. The van der Waals surface area contributed by atoms with Crippen LogP contribution < -0.4 is 11.1 Å². The van der Waals surface area contributed by atoms with Crippen LogP contribution in [0.5, 0.6) is 0 Å². The van der Waals surface area contributed by atoms with Crippen LogP contribution in [0.4, 0.5) is 5.69 Å². The smallest absolute Gasteiger partial charge is 0.320 e. The van der Waals surface area contributed by atoms with Gasteiger partial charge >= 0.3 is 5.97 Å². The molecule has 0 amide bonds. The molecule has 16 heavy (non-hydrogen) atoms. The Morgan fingerprint density at radius 1 is 1.50 bits per heavy atom. The molecule has 0 spiro atoms. The molecule has 0 saturated heterocycles. The molecule has 0 saturated carbocycles. The molecule has 0 aliphatic carbocycles. The summed E-state index contributed by atoms with van der Waals surface area (Å²) in [5.74, 6) is -0.956. The second kappa shape index (κ2) is 5.51. The van der Waals surface area contributed by atoms with E-state index in [-0.39, 0.29) is 0 Å². The summed E-state index contributed by atoms with van der Waals surface area (Å²) in [6, 6.07) is 5.31. The molecule has 1 atom stereocenters. The first-order chi connectivity index (χ1) is 7.50. The van der Waals surface area contributed by atoms with Crippen molar-refractivity contribution in [1.29, 1.82) is 0 Å². The first-order valence-electron chi connectivity index (χ1n) is 5.30. The van der Waals surface area contributed by atoms with Crippen molar-refractivity contribution >= 4 is 11.7 Å². The number of carboxylic acids is 1. The zero-order valence-electron chi connectivity index (χ0n) is 9.66. The minimum Gasteiger partial charge on any atom is -0.480 e. The van der Waals surface area contributed by atoms with E-state index in [1.54, 1.807) is 0 Å². The van der Waals surface area contributed by atoms with Crippen molar-refractivity contribution < 1.29 is 9.90 Å². The maximum atomic E-state index is 10.5. The van der Waals surface area contributed by atoms with E-state index in [1.165, 1.54) is 5.56 Å². The minimum absolute atomic E-state index is 0.419. The van der Waals surface area contributed by atoms with Crippen molar-refractivity contribution in [3.05, 3.63) is 29.3 Å². The van der Waals surface area contributed by atoms with Crippen LogP contribution in [0.15, 0.2) is 18.2 Å². The zero-order chi connectivity index (χ0) is 12.1. The number of nitrogens with two attached hydrogens (primary N) is 1. The topological polar surface area (TPSA) is 75.3 Å². The van der Waals surface area contributed by atoms with Gasteiger partial charge in [0.25, 0.3) is 0 Å². The van der Waals surface area contributed by atoms with Crippen molar-refractivity contribution in [3.63, 3.8) is 0 Å². The highest BCUT2D eigenvalue weighted by Crippen LogP contribution is 2.15. The fourth-order valence-corrected chi connectivity index (χ4v) is 1.50. The average Bonchev–Trinajstić information content (AvgIpc) is 2.20. The van der Waals surface area contributed by atoms with Gasteiger partial charge in [0.05, 0.1) is 0 Å². The maximum absolute atomic E-state index is 10.5. The Morgan fingerprint density at radius 3 is 2.75 bits per heavy atom. The molecule has 4 nitrogen and oxygen atoms in total. The zero-order valence-corrected chi connectivity index (χ0v) is 9.66. The molecule has 4 N–H and O–H groups in total. The van der Waals surface area contributed by atoms with Crippen LogP contribution in [-0.2, 0) is 4.79 Å². The molecule has 0 fully saturated rings. The third kappa shape index (κ3) is 3.55. The van der Waals surface area contributed by atoms with E-state index < -0.39 is 12.0 Å². The molecule has 0 heterocycles. The highest BCUT2D eigenvalue weighted by molar-refractivity contribution is 5.73. The largest absolute Gasteiger partial charge is 0.480 e. The number of carboxylic acid groups (broad SMARTS) is 1. The summed E-state index contributed by atoms with van der Waals surface area (Å²) in [7, 11) is 0. The molecule has 0 radical (unpaired) electrons. The van der Waals surface area contributed by atoms with Gasteiger partial charge < -0.3 is 16.2 Å². The number of hydrogen-bond acceptors (Lipinski definition) is 3. The minimum atomic E-state index is -0.956. The lowest BCUT2D eigenvalue weighted by Gasteiger charge is -2.11. The number of nitrogens with one attached hydrogen (secondary N) is 1. The van der Waals surface area contributed by atoms with E-state index in [0.717, 1.165) is 11.3 Å². The molecule has 1 unspecified atom stereocenters. The number of carbonyl (C=O) groups is 1. The van der Waals surface area contributed by atoms with Crippen molar-refractivity contribution in [3.8, 4) is 0 Å². The van der Waals surface area contributed by atoms with Gasteiger partial charge in [0.1, 0.15) is 6.04 Å². The summed E-state index contributed by atoms with van der Waals surface area (Å²) in [5.41, 5.74) is 8.80. The molecule has 88 valence electrons. The van der Waals surface area contributed by atoms with E-state index in [0.29, 0.717) is 13.0 Å². The van der Waals surface area contributed by atoms with Gasteiger partial charge in [0, 0.05) is 12.2 Å². The van der Waals surface area contributed by atoms with Crippen molar-refractivity contribution in [1.82, 2.24) is 0 Å². The normalized spacial score (nSPS) is 12.2. The molecule has 1 rings (SSSR count). The first-order valence-corrected chi connectivity index (χ1v) is 5.30. The quantitative estimate of drug-likeness (QED) is 0.706. The lowest BCUT2D eigenvalue weighted by atomic mass is 10.1. The second-order valence-electron chi connectivity index (χ2n) is 3.98. The van der Waals surface area contributed by atoms with Gasteiger partial charge in [-0.1, -0.05) is 17.7 Å². The summed E-state index contributed by atoms with van der Waals surface area (Å²) < 4.78 is 0. The third-order valence-corrected chi connectivity index (χ3v) is 2.47. The Kier molecular flexibility index (Phi) is 4.31. The van der Waals surface area contributed by atoms with Crippen molar-refractivity contribution in [2.24, 2.45) is 5.73 Å². The summed E-state index contributed by atoms with van der Waals surface area (Å²) in [6.07, 6.45) is 0.419. The van der Waals surface area contributed by atoms with Crippen molar-refractivity contribution in [2.75, 3.05) is 11.9 Å². The lowest BCUT2D eigenvalue weighted by Crippen LogP contribution is -2.32. The molecule has 0 bridgehead atoms. The predicted octanol–water partition coefficient (Wildman–Crippen LogP) is 1.52. The number of aliphatic carboxylic acids is 1. The fraction of sp³-hybridized carbons (Fsp3) is 0.417.